The van der Waals surface area contributed by atoms with Crippen LogP contribution in [0.4, 0.5) is 0 Å². The van der Waals surface area contributed by atoms with Crippen LogP contribution in [0.15, 0.2) is 49.2 Å². The van der Waals surface area contributed by atoms with Gasteiger partial charge in [-0.3, -0.25) is 4.79 Å². The quantitative estimate of drug-likeness (QED) is 0.754. The third-order valence-corrected chi connectivity index (χ3v) is 3.24. The van der Waals surface area contributed by atoms with E-state index >= 15 is 0 Å². The summed E-state index contributed by atoms with van der Waals surface area (Å²) in [6.45, 7) is 4.34. The van der Waals surface area contributed by atoms with Gasteiger partial charge in [-0.25, -0.2) is 4.98 Å². The highest BCUT2D eigenvalue weighted by molar-refractivity contribution is 5.94. The topological polar surface area (TPSA) is 69.7 Å². The molecule has 0 aliphatic rings. The average molecular weight is 328 g/mol. The Bertz CT molecular complexity index is 716. The Morgan fingerprint density at radius 3 is 2.75 bits per heavy atom. The highest BCUT2D eigenvalue weighted by Gasteiger charge is 2.11. The third kappa shape index (κ3) is 4.49. The summed E-state index contributed by atoms with van der Waals surface area (Å²) in [6.07, 6.45) is 3.28. The molecule has 0 aliphatic carbocycles. The van der Waals surface area contributed by atoms with Gasteiger partial charge >= 0.3 is 0 Å². The lowest BCUT2D eigenvalue weighted by atomic mass is 10.1. The van der Waals surface area contributed by atoms with Gasteiger partial charge in [-0.1, -0.05) is 12.7 Å². The summed E-state index contributed by atoms with van der Waals surface area (Å²) in [5.74, 6) is 1.36. The molecule has 0 spiro atoms. The van der Waals surface area contributed by atoms with Crippen LogP contribution in [-0.4, -0.2) is 31.7 Å². The number of carbonyl (C=O) groups is 1. The second kappa shape index (κ2) is 8.57. The molecule has 1 amide bonds. The number of methoxy groups -OCH3 is 2. The van der Waals surface area contributed by atoms with Gasteiger partial charge in [0.25, 0.3) is 5.91 Å². The molecule has 2 rings (SSSR count). The molecule has 0 aliphatic heterocycles. The molecule has 6 nitrogen and oxygen atoms in total. The van der Waals surface area contributed by atoms with E-state index in [2.05, 4.69) is 16.9 Å². The van der Waals surface area contributed by atoms with E-state index in [1.807, 2.05) is 6.07 Å². The molecule has 6 heteroatoms. The maximum absolute atomic E-state index is 12.3. The lowest BCUT2D eigenvalue weighted by Gasteiger charge is -2.11. The molecule has 0 radical (unpaired) electrons. The fraction of sp³-hybridized carbons (Fsp3) is 0.222. The van der Waals surface area contributed by atoms with Crippen molar-refractivity contribution in [1.82, 2.24) is 10.3 Å². The van der Waals surface area contributed by atoms with Gasteiger partial charge in [0.1, 0.15) is 6.61 Å². The van der Waals surface area contributed by atoms with E-state index in [9.17, 15) is 4.79 Å². The zero-order valence-corrected chi connectivity index (χ0v) is 13.7. The first-order valence-electron chi connectivity index (χ1n) is 7.36. The van der Waals surface area contributed by atoms with Crippen molar-refractivity contribution < 1.29 is 19.0 Å². The van der Waals surface area contributed by atoms with Crippen LogP contribution in [0.25, 0.3) is 0 Å². The van der Waals surface area contributed by atoms with Crippen molar-refractivity contribution in [3.05, 3.63) is 60.3 Å². The molecular formula is C18H20N2O4. The molecule has 126 valence electrons. The van der Waals surface area contributed by atoms with Gasteiger partial charge in [0, 0.05) is 24.4 Å². The average Bonchev–Trinajstić information content (AvgIpc) is 2.64. The predicted molar refractivity (Wildman–Crippen MR) is 90.6 cm³/mol. The monoisotopic (exact) mass is 328 g/mol. The third-order valence-electron chi connectivity index (χ3n) is 3.24. The molecule has 2 aromatic rings. The molecule has 0 unspecified atom stereocenters. The first kappa shape index (κ1) is 17.3. The van der Waals surface area contributed by atoms with Gasteiger partial charge in [0.2, 0.25) is 5.88 Å². The Hall–Kier alpha value is -3.02. The molecule has 24 heavy (non-hydrogen) atoms. The van der Waals surface area contributed by atoms with Crippen molar-refractivity contribution in [2.75, 3.05) is 20.8 Å². The number of hydrogen-bond acceptors (Lipinski definition) is 5. The van der Waals surface area contributed by atoms with Crippen molar-refractivity contribution in [2.24, 2.45) is 0 Å². The molecule has 0 atom stereocenters. The van der Waals surface area contributed by atoms with Crippen LogP contribution in [0.3, 0.4) is 0 Å². The molecule has 1 aromatic carbocycles. The number of nitrogens with one attached hydrogen (secondary N) is 1. The highest BCUT2D eigenvalue weighted by atomic mass is 16.5. The van der Waals surface area contributed by atoms with Crippen molar-refractivity contribution >= 4 is 5.91 Å². The molecule has 1 N–H and O–H groups in total. The van der Waals surface area contributed by atoms with E-state index in [1.54, 1.807) is 43.6 Å². The minimum Gasteiger partial charge on any atom is -0.493 e. The van der Waals surface area contributed by atoms with Crippen molar-refractivity contribution in [3.63, 3.8) is 0 Å². The van der Waals surface area contributed by atoms with Gasteiger partial charge in [-0.15, -0.1) is 0 Å². The summed E-state index contributed by atoms with van der Waals surface area (Å²) < 4.78 is 15.8. The number of ether oxygens (including phenoxy) is 3. The fourth-order valence-electron chi connectivity index (χ4n) is 2.03. The van der Waals surface area contributed by atoms with Crippen LogP contribution in [0.2, 0.25) is 0 Å². The minimum atomic E-state index is -0.209. The highest BCUT2D eigenvalue weighted by Crippen LogP contribution is 2.28. The fourth-order valence-corrected chi connectivity index (χ4v) is 2.03. The molecule has 0 saturated heterocycles. The van der Waals surface area contributed by atoms with E-state index in [1.165, 1.54) is 7.11 Å². The molecule has 0 fully saturated rings. The van der Waals surface area contributed by atoms with Crippen molar-refractivity contribution in [3.8, 4) is 17.4 Å². The zero-order valence-electron chi connectivity index (χ0n) is 13.7. The van der Waals surface area contributed by atoms with Gasteiger partial charge in [-0.2, -0.15) is 0 Å². The lowest BCUT2D eigenvalue weighted by molar-refractivity contribution is 0.0950. The van der Waals surface area contributed by atoms with E-state index in [4.69, 9.17) is 14.2 Å². The number of amides is 1. The number of rotatable bonds is 8. The Kier molecular flexibility index (Phi) is 6.19. The molecule has 0 saturated carbocycles. The summed E-state index contributed by atoms with van der Waals surface area (Å²) in [5, 5.41) is 2.85. The molecular weight excluding hydrogens is 308 g/mol. The predicted octanol–water partition coefficient (Wildman–Crippen LogP) is 2.59. The van der Waals surface area contributed by atoms with Crippen molar-refractivity contribution in [2.45, 2.75) is 6.54 Å². The van der Waals surface area contributed by atoms with Crippen LogP contribution in [0.1, 0.15) is 15.9 Å². The Labute approximate surface area is 141 Å². The number of hydrogen-bond donors (Lipinski definition) is 1. The summed E-state index contributed by atoms with van der Waals surface area (Å²) in [7, 11) is 3.08. The summed E-state index contributed by atoms with van der Waals surface area (Å²) in [6, 6.07) is 8.61. The SMILES string of the molecule is C=CCOc1ccc(C(=O)NCc2ccnc(OC)c2)cc1OC. The second-order valence-corrected chi connectivity index (χ2v) is 4.85. The first-order chi connectivity index (χ1) is 11.7. The zero-order chi connectivity index (χ0) is 17.4. The molecule has 0 bridgehead atoms. The summed E-state index contributed by atoms with van der Waals surface area (Å²) in [4.78, 5) is 16.3. The van der Waals surface area contributed by atoms with Gasteiger partial charge in [0.05, 0.1) is 14.2 Å². The Morgan fingerprint density at radius 1 is 1.21 bits per heavy atom. The van der Waals surface area contributed by atoms with Crippen LogP contribution >= 0.6 is 0 Å². The maximum atomic E-state index is 12.3. The molecule has 1 aromatic heterocycles. The van der Waals surface area contributed by atoms with E-state index in [0.717, 1.165) is 5.56 Å². The standard InChI is InChI=1S/C18H20N2O4/c1-4-9-24-15-6-5-14(11-16(15)22-2)18(21)20-12-13-7-8-19-17(10-13)23-3/h4-8,10-11H,1,9,12H2,2-3H3,(H,20,21). The van der Waals surface area contributed by atoms with Crippen molar-refractivity contribution in [1.29, 1.82) is 0 Å². The van der Waals surface area contributed by atoms with Gasteiger partial charge in [0.15, 0.2) is 11.5 Å². The Morgan fingerprint density at radius 2 is 2.04 bits per heavy atom. The molecule has 1 heterocycles. The number of aromatic nitrogens is 1. The van der Waals surface area contributed by atoms with Gasteiger partial charge < -0.3 is 19.5 Å². The smallest absolute Gasteiger partial charge is 0.251 e. The van der Waals surface area contributed by atoms with E-state index < -0.39 is 0 Å². The number of nitrogens with zero attached hydrogens (tertiary/aromatic N) is 1. The van der Waals surface area contributed by atoms with Crippen LogP contribution in [-0.2, 0) is 6.54 Å². The van der Waals surface area contributed by atoms with Gasteiger partial charge in [-0.05, 0) is 29.8 Å². The number of carbonyl (C=O) groups excluding carboxylic acids is 1. The van der Waals surface area contributed by atoms with Crippen LogP contribution < -0.4 is 19.5 Å². The number of pyridine rings is 1. The largest absolute Gasteiger partial charge is 0.493 e. The minimum absolute atomic E-state index is 0.209. The number of benzene rings is 1. The van der Waals surface area contributed by atoms with E-state index in [-0.39, 0.29) is 5.91 Å². The summed E-state index contributed by atoms with van der Waals surface area (Å²) >= 11 is 0. The maximum Gasteiger partial charge on any atom is 0.251 e. The second-order valence-electron chi connectivity index (χ2n) is 4.85. The first-order valence-corrected chi connectivity index (χ1v) is 7.36. The lowest BCUT2D eigenvalue weighted by Crippen LogP contribution is -2.22. The van der Waals surface area contributed by atoms with Crippen LogP contribution in [0, 0.1) is 0 Å². The Balaban J connectivity index is 2.04. The van der Waals surface area contributed by atoms with Crippen LogP contribution in [0.5, 0.6) is 17.4 Å². The summed E-state index contributed by atoms with van der Waals surface area (Å²) in [5.41, 5.74) is 1.38. The van der Waals surface area contributed by atoms with E-state index in [0.29, 0.717) is 36.1 Å². The normalized spacial score (nSPS) is 9.92.